The molecule has 242 valence electrons. The molecule has 0 N–H and O–H groups in total. The van der Waals surface area contributed by atoms with Gasteiger partial charge in [-0.15, -0.1) is 17.7 Å². The Labute approximate surface area is 314 Å². The van der Waals surface area contributed by atoms with Gasteiger partial charge in [0.05, 0.1) is 0 Å². The van der Waals surface area contributed by atoms with Crippen LogP contribution < -0.4 is 9.80 Å². The van der Waals surface area contributed by atoms with E-state index in [0.29, 0.717) is 0 Å². The van der Waals surface area contributed by atoms with Gasteiger partial charge in [0.25, 0.3) is 0 Å². The van der Waals surface area contributed by atoms with Gasteiger partial charge in [0.2, 0.25) is 0 Å². The second kappa shape index (κ2) is 15.1. The van der Waals surface area contributed by atoms with E-state index in [-0.39, 0.29) is 31.1 Å². The first-order valence-corrected chi connectivity index (χ1v) is 17.7. The third kappa shape index (κ3) is 6.55. The first kappa shape index (κ1) is 34.6. The molecule has 0 unspecified atom stereocenters. The quantitative estimate of drug-likeness (QED) is 0.0687. The van der Waals surface area contributed by atoms with Gasteiger partial charge in [0.15, 0.2) is 0 Å². The Morgan fingerprint density at radius 1 is 0.562 bits per heavy atom. The van der Waals surface area contributed by atoms with Crippen molar-refractivity contribution in [3.63, 3.8) is 0 Å². The fraction of sp³-hybridized carbons (Fsp3) is 0.273. The maximum Gasteiger partial charge on any atom is 0.0433 e. The van der Waals surface area contributed by atoms with Crippen molar-refractivity contribution in [3.05, 3.63) is 119 Å². The molecule has 6 aromatic rings. The monoisotopic (exact) mass is 873 g/mol. The largest absolute Gasteiger partial charge is 0.377 e. The fourth-order valence-electron chi connectivity index (χ4n) is 7.26. The van der Waals surface area contributed by atoms with Gasteiger partial charge >= 0.3 is 0 Å². The van der Waals surface area contributed by atoms with Gasteiger partial charge in [0.1, 0.15) is 0 Å². The fourth-order valence-corrected chi connectivity index (χ4v) is 7.56. The smallest absolute Gasteiger partial charge is 0.0433 e. The third-order valence-corrected chi connectivity index (χ3v) is 10.2. The summed E-state index contributed by atoms with van der Waals surface area (Å²) in [4.78, 5) is 4.82. The number of benzene rings is 6. The van der Waals surface area contributed by atoms with Crippen molar-refractivity contribution >= 4 is 77.2 Å². The van der Waals surface area contributed by atoms with Crippen molar-refractivity contribution in [1.82, 2.24) is 0 Å². The molecular formula is C44H44ClN2U-. The molecule has 0 amide bonds. The molecule has 0 fully saturated rings. The minimum Gasteiger partial charge on any atom is -0.377 e. The molecular weight excluding hydrogens is 830 g/mol. The van der Waals surface area contributed by atoms with E-state index >= 15 is 0 Å². The van der Waals surface area contributed by atoms with Crippen LogP contribution in [-0.2, 0) is 0 Å². The molecule has 48 heavy (non-hydrogen) atoms. The third-order valence-electron chi connectivity index (χ3n) is 9.83. The maximum atomic E-state index is 7.32. The molecule has 0 aromatic heterocycles. The summed E-state index contributed by atoms with van der Waals surface area (Å²) in [6.07, 6.45) is 11.2. The molecule has 7 rings (SSSR count). The van der Waals surface area contributed by atoms with Crippen LogP contribution in [0.1, 0.15) is 63.5 Å². The Balaban J connectivity index is 0.00000401. The molecule has 1 aliphatic carbocycles. The molecule has 0 spiro atoms. The van der Waals surface area contributed by atoms with Crippen LogP contribution in [0.2, 0.25) is 0 Å². The topological polar surface area (TPSA) is 6.48 Å². The van der Waals surface area contributed by atoms with Gasteiger partial charge in [-0.1, -0.05) is 135 Å². The van der Waals surface area contributed by atoms with Crippen molar-refractivity contribution in [2.45, 2.75) is 52.4 Å². The molecule has 0 radical (unpaired) electrons. The van der Waals surface area contributed by atoms with Crippen LogP contribution in [0.25, 0.3) is 54.2 Å². The van der Waals surface area contributed by atoms with Crippen molar-refractivity contribution in [2.75, 3.05) is 37.0 Å². The van der Waals surface area contributed by atoms with Crippen molar-refractivity contribution in [3.8, 4) is 0 Å². The summed E-state index contributed by atoms with van der Waals surface area (Å²) in [5, 5.41) is 10.8. The molecule has 4 heteroatoms. The number of hydrogen-bond donors (Lipinski definition) is 0. The van der Waals surface area contributed by atoms with E-state index in [1.165, 1.54) is 93.0 Å². The standard InChI is InChI=1S/C44H44ClN2.U/c1-5-7-13-23-47(24-14-8-6-2)43-22-20-35(37-26-31-16-10-12-18-33(31)28-39(37)43)41-29-40(44(41)45)34-19-21-42(46(3)4)38-27-32-17-11-9-15-30(32)25-36(34)38;/h9-12,15-22,25-28H,5-8,13-14,23-24H2,1-4H3;/q-1;. The van der Waals surface area contributed by atoms with Crippen LogP contribution in [-0.4, -0.2) is 27.2 Å². The predicted molar refractivity (Wildman–Crippen MR) is 208 cm³/mol. The van der Waals surface area contributed by atoms with E-state index in [0.717, 1.165) is 40.4 Å². The van der Waals surface area contributed by atoms with Gasteiger partial charge in [-0.3, -0.25) is 0 Å². The van der Waals surface area contributed by atoms with Crippen molar-refractivity contribution < 1.29 is 31.1 Å². The van der Waals surface area contributed by atoms with E-state index in [1.54, 1.807) is 0 Å². The van der Waals surface area contributed by atoms with Crippen LogP contribution in [0, 0.1) is 37.2 Å². The average molecular weight is 874 g/mol. The van der Waals surface area contributed by atoms with E-state index in [4.69, 9.17) is 11.6 Å². The SMILES string of the molecule is CCCCCN(CCCCC)c1ccc(C2=[C-]C(c3ccc(N(C)C)c4cc5ccccc5cc34)=C2Cl)c2cc3ccccc3cc12.[U]. The number of rotatable bonds is 12. The number of fused-ring (bicyclic) bond motifs is 4. The van der Waals surface area contributed by atoms with E-state index < -0.39 is 0 Å². The Bertz CT molecular complexity index is 2170. The first-order chi connectivity index (χ1) is 23.0. The number of nitrogens with zero attached hydrogens (tertiary/aromatic N) is 2. The molecule has 0 atom stereocenters. The molecule has 0 saturated heterocycles. The van der Waals surface area contributed by atoms with Gasteiger partial charge in [0, 0.05) is 69.7 Å². The molecule has 0 saturated carbocycles. The Hall–Kier alpha value is -3.22. The average Bonchev–Trinajstić information content (AvgIpc) is 3.09. The molecule has 6 aromatic carbocycles. The van der Waals surface area contributed by atoms with Crippen LogP contribution in [0.3, 0.4) is 0 Å². The Morgan fingerprint density at radius 2 is 1.02 bits per heavy atom. The molecule has 2 nitrogen and oxygen atoms in total. The molecule has 0 aliphatic heterocycles. The summed E-state index contributed by atoms with van der Waals surface area (Å²) < 4.78 is 0. The zero-order valence-electron chi connectivity index (χ0n) is 28.7. The van der Waals surface area contributed by atoms with Gasteiger partial charge < -0.3 is 9.80 Å². The summed E-state index contributed by atoms with van der Waals surface area (Å²) in [5.74, 6) is 0. The minimum atomic E-state index is 0. The van der Waals surface area contributed by atoms with Crippen molar-refractivity contribution in [1.29, 1.82) is 0 Å². The summed E-state index contributed by atoms with van der Waals surface area (Å²) >= 11 is 7.32. The second-order valence-electron chi connectivity index (χ2n) is 13.2. The maximum absolute atomic E-state index is 7.32. The van der Waals surface area contributed by atoms with E-state index in [2.05, 4.69) is 141 Å². The number of halogens is 1. The van der Waals surface area contributed by atoms with E-state index in [1.807, 2.05) is 0 Å². The Kier molecular flexibility index (Phi) is 10.9. The second-order valence-corrected chi connectivity index (χ2v) is 13.6. The van der Waals surface area contributed by atoms with Gasteiger partial charge in [-0.25, -0.2) is 0 Å². The molecule has 0 bridgehead atoms. The number of unbranched alkanes of at least 4 members (excludes halogenated alkanes) is 4. The van der Waals surface area contributed by atoms with Gasteiger partial charge in [-0.2, -0.15) is 0 Å². The normalized spacial score (nSPS) is 12.8. The van der Waals surface area contributed by atoms with Crippen LogP contribution in [0.5, 0.6) is 0 Å². The number of allylic oxidation sites excluding steroid dienone is 4. The summed E-state index contributed by atoms with van der Waals surface area (Å²) in [5.41, 5.74) is 6.82. The minimum absolute atomic E-state index is 0. The molecule has 0 heterocycles. The zero-order chi connectivity index (χ0) is 32.5. The predicted octanol–water partition coefficient (Wildman–Crippen LogP) is 12.4. The van der Waals surface area contributed by atoms with Gasteiger partial charge in [-0.05, 0) is 85.2 Å². The van der Waals surface area contributed by atoms with E-state index in [9.17, 15) is 0 Å². The van der Waals surface area contributed by atoms with Crippen LogP contribution in [0.15, 0.2) is 102 Å². The van der Waals surface area contributed by atoms with Crippen molar-refractivity contribution in [2.24, 2.45) is 0 Å². The number of hydrogen-bond acceptors (Lipinski definition) is 2. The summed E-state index contributed by atoms with van der Waals surface area (Å²) in [6.45, 7) is 6.74. The summed E-state index contributed by atoms with van der Waals surface area (Å²) in [6, 6.07) is 35.8. The van der Waals surface area contributed by atoms with Crippen LogP contribution in [0.4, 0.5) is 11.4 Å². The Morgan fingerprint density at radius 3 is 1.52 bits per heavy atom. The van der Waals surface area contributed by atoms with Crippen LogP contribution >= 0.6 is 11.6 Å². The number of anilines is 2. The zero-order valence-corrected chi connectivity index (χ0v) is 33.6. The first-order valence-electron chi connectivity index (χ1n) is 17.4. The summed E-state index contributed by atoms with van der Waals surface area (Å²) in [7, 11) is 4.22. The molecule has 1 aliphatic rings.